The molecule has 2 aromatic rings. The summed E-state index contributed by atoms with van der Waals surface area (Å²) in [5.41, 5.74) is 2.38. The van der Waals surface area contributed by atoms with Crippen LogP contribution >= 0.6 is 0 Å². The van der Waals surface area contributed by atoms with Gasteiger partial charge in [-0.3, -0.25) is 0 Å². The summed E-state index contributed by atoms with van der Waals surface area (Å²) in [6.45, 7) is 5.63. The van der Waals surface area contributed by atoms with Gasteiger partial charge in [-0.1, -0.05) is 48.6 Å². The Morgan fingerprint density at radius 2 is 1.94 bits per heavy atom. The van der Waals surface area contributed by atoms with Crippen LogP contribution in [0.3, 0.4) is 0 Å². The Bertz CT molecular complexity index is 585. The fraction of sp³-hybridized carbons (Fsp3) is 0.0625. The van der Waals surface area contributed by atoms with Crippen LogP contribution < -0.4 is 4.74 Å². The fourth-order valence-corrected chi connectivity index (χ4v) is 1.67. The highest BCUT2D eigenvalue weighted by molar-refractivity contribution is 5.91. The second-order valence-corrected chi connectivity index (χ2v) is 4.00. The van der Waals surface area contributed by atoms with Crippen LogP contribution in [0.15, 0.2) is 55.1 Å². The maximum Gasteiger partial charge on any atom is 0.343 e. The monoisotopic (exact) mass is 238 g/mol. The van der Waals surface area contributed by atoms with E-state index < -0.39 is 0 Å². The minimum atomic E-state index is -0.354. The lowest BCUT2D eigenvalue weighted by atomic mass is 10.1. The number of hydrogen-bond donors (Lipinski definition) is 0. The number of carbonyl (C=O) groups excluding carboxylic acids is 1. The molecule has 0 saturated carbocycles. The van der Waals surface area contributed by atoms with Crippen molar-refractivity contribution in [2.75, 3.05) is 0 Å². The maximum atomic E-state index is 12.0. The zero-order valence-corrected chi connectivity index (χ0v) is 10.2. The Morgan fingerprint density at radius 3 is 2.67 bits per heavy atom. The first-order chi connectivity index (χ1) is 8.70. The van der Waals surface area contributed by atoms with Crippen LogP contribution in [0.25, 0.3) is 6.08 Å². The molecular weight excluding hydrogens is 224 g/mol. The van der Waals surface area contributed by atoms with Crippen LogP contribution in [0.2, 0.25) is 0 Å². The SMILES string of the molecule is C=Cc1ccccc1OC(=O)c1cccc(C)c1. The molecular formula is C16H14O2. The molecule has 0 unspecified atom stereocenters. The summed E-state index contributed by atoms with van der Waals surface area (Å²) >= 11 is 0. The maximum absolute atomic E-state index is 12.0. The molecule has 0 spiro atoms. The van der Waals surface area contributed by atoms with Gasteiger partial charge in [-0.2, -0.15) is 0 Å². The average Bonchev–Trinajstić information content (AvgIpc) is 2.39. The van der Waals surface area contributed by atoms with Crippen molar-refractivity contribution in [1.29, 1.82) is 0 Å². The van der Waals surface area contributed by atoms with E-state index in [-0.39, 0.29) is 5.97 Å². The summed E-state index contributed by atoms with van der Waals surface area (Å²) in [7, 11) is 0. The van der Waals surface area contributed by atoms with Gasteiger partial charge in [0.05, 0.1) is 5.56 Å². The lowest BCUT2D eigenvalue weighted by molar-refractivity contribution is 0.0734. The molecule has 0 N–H and O–H groups in total. The van der Waals surface area contributed by atoms with E-state index in [1.807, 2.05) is 37.3 Å². The van der Waals surface area contributed by atoms with Crippen molar-refractivity contribution >= 4 is 12.0 Å². The molecule has 0 saturated heterocycles. The van der Waals surface area contributed by atoms with E-state index in [0.717, 1.165) is 11.1 Å². The van der Waals surface area contributed by atoms with E-state index >= 15 is 0 Å². The van der Waals surface area contributed by atoms with E-state index in [9.17, 15) is 4.79 Å². The number of rotatable bonds is 3. The largest absolute Gasteiger partial charge is 0.422 e. The highest BCUT2D eigenvalue weighted by Gasteiger charge is 2.10. The van der Waals surface area contributed by atoms with Gasteiger partial charge >= 0.3 is 5.97 Å². The predicted octanol–water partition coefficient (Wildman–Crippen LogP) is 3.86. The van der Waals surface area contributed by atoms with E-state index in [2.05, 4.69) is 6.58 Å². The molecule has 0 aliphatic carbocycles. The molecule has 0 radical (unpaired) electrons. The van der Waals surface area contributed by atoms with Gasteiger partial charge in [-0.15, -0.1) is 0 Å². The molecule has 2 heteroatoms. The molecule has 0 aliphatic rings. The van der Waals surface area contributed by atoms with Gasteiger partial charge in [0.15, 0.2) is 0 Å². The first-order valence-corrected chi connectivity index (χ1v) is 5.71. The number of benzene rings is 2. The zero-order chi connectivity index (χ0) is 13.0. The Labute approximate surface area is 107 Å². The van der Waals surface area contributed by atoms with Gasteiger partial charge in [0.2, 0.25) is 0 Å². The van der Waals surface area contributed by atoms with E-state index in [1.165, 1.54) is 0 Å². The Balaban J connectivity index is 2.24. The molecule has 0 aromatic heterocycles. The van der Waals surface area contributed by atoms with E-state index in [1.54, 1.807) is 24.3 Å². The number of esters is 1. The van der Waals surface area contributed by atoms with Crippen molar-refractivity contribution in [3.05, 3.63) is 71.8 Å². The zero-order valence-electron chi connectivity index (χ0n) is 10.2. The highest BCUT2D eigenvalue weighted by atomic mass is 16.5. The summed E-state index contributed by atoms with van der Waals surface area (Å²) in [6.07, 6.45) is 1.67. The topological polar surface area (TPSA) is 26.3 Å². The average molecular weight is 238 g/mol. The minimum Gasteiger partial charge on any atom is -0.422 e. The van der Waals surface area contributed by atoms with Crippen molar-refractivity contribution in [3.63, 3.8) is 0 Å². The molecule has 0 bridgehead atoms. The summed E-state index contributed by atoms with van der Waals surface area (Å²) in [6, 6.07) is 14.6. The standard InChI is InChI=1S/C16H14O2/c1-3-13-8-4-5-10-15(13)18-16(17)14-9-6-7-12(2)11-14/h3-11H,1H2,2H3. The van der Waals surface area contributed by atoms with Gasteiger partial charge in [-0.25, -0.2) is 4.79 Å². The molecule has 0 amide bonds. The van der Waals surface area contributed by atoms with E-state index in [4.69, 9.17) is 4.74 Å². The Kier molecular flexibility index (Phi) is 3.58. The number of hydrogen-bond acceptors (Lipinski definition) is 2. The van der Waals surface area contributed by atoms with Crippen molar-refractivity contribution in [2.24, 2.45) is 0 Å². The van der Waals surface area contributed by atoms with Gasteiger partial charge in [-0.05, 0) is 25.1 Å². The number of aryl methyl sites for hydroxylation is 1. The third-order valence-electron chi connectivity index (χ3n) is 2.60. The molecule has 2 rings (SSSR count). The molecule has 2 nitrogen and oxygen atoms in total. The van der Waals surface area contributed by atoms with Gasteiger partial charge in [0, 0.05) is 5.56 Å². The molecule has 18 heavy (non-hydrogen) atoms. The number of para-hydroxylation sites is 1. The highest BCUT2D eigenvalue weighted by Crippen LogP contribution is 2.20. The Morgan fingerprint density at radius 1 is 1.17 bits per heavy atom. The summed E-state index contributed by atoms with van der Waals surface area (Å²) in [4.78, 5) is 12.0. The molecule has 0 atom stereocenters. The lowest BCUT2D eigenvalue weighted by Crippen LogP contribution is -2.09. The molecule has 0 fully saturated rings. The molecule has 90 valence electrons. The third-order valence-corrected chi connectivity index (χ3v) is 2.60. The smallest absolute Gasteiger partial charge is 0.343 e. The van der Waals surface area contributed by atoms with Crippen LogP contribution in [-0.2, 0) is 0 Å². The van der Waals surface area contributed by atoms with Crippen LogP contribution in [0, 0.1) is 6.92 Å². The van der Waals surface area contributed by atoms with Crippen molar-refractivity contribution in [3.8, 4) is 5.75 Å². The minimum absolute atomic E-state index is 0.354. The van der Waals surface area contributed by atoms with Gasteiger partial charge in [0.25, 0.3) is 0 Å². The van der Waals surface area contributed by atoms with Crippen molar-refractivity contribution < 1.29 is 9.53 Å². The Hall–Kier alpha value is -2.35. The van der Waals surface area contributed by atoms with Gasteiger partial charge < -0.3 is 4.74 Å². The fourth-order valence-electron chi connectivity index (χ4n) is 1.67. The van der Waals surface area contributed by atoms with Crippen LogP contribution in [0.5, 0.6) is 5.75 Å². The normalized spacial score (nSPS) is 9.83. The summed E-state index contributed by atoms with van der Waals surface area (Å²) in [5.74, 6) is 0.173. The first-order valence-electron chi connectivity index (χ1n) is 5.71. The van der Waals surface area contributed by atoms with E-state index in [0.29, 0.717) is 11.3 Å². The van der Waals surface area contributed by atoms with Crippen LogP contribution in [-0.4, -0.2) is 5.97 Å². The number of ether oxygens (including phenoxy) is 1. The van der Waals surface area contributed by atoms with Crippen LogP contribution in [0.4, 0.5) is 0 Å². The van der Waals surface area contributed by atoms with Crippen molar-refractivity contribution in [1.82, 2.24) is 0 Å². The first kappa shape index (κ1) is 12.1. The second kappa shape index (κ2) is 5.32. The van der Waals surface area contributed by atoms with Crippen LogP contribution in [0.1, 0.15) is 21.5 Å². The second-order valence-electron chi connectivity index (χ2n) is 4.00. The molecule has 0 heterocycles. The number of carbonyl (C=O) groups is 1. The van der Waals surface area contributed by atoms with Crippen molar-refractivity contribution in [2.45, 2.75) is 6.92 Å². The quantitative estimate of drug-likeness (QED) is 0.599. The molecule has 0 aliphatic heterocycles. The summed E-state index contributed by atoms with van der Waals surface area (Å²) < 4.78 is 5.37. The lowest BCUT2D eigenvalue weighted by Gasteiger charge is -2.07. The van der Waals surface area contributed by atoms with Gasteiger partial charge in [0.1, 0.15) is 5.75 Å². The summed E-state index contributed by atoms with van der Waals surface area (Å²) in [5, 5.41) is 0. The third kappa shape index (κ3) is 2.66. The predicted molar refractivity (Wildman–Crippen MR) is 72.7 cm³/mol. The molecule has 2 aromatic carbocycles.